The maximum absolute atomic E-state index is 12.9. The zero-order valence-corrected chi connectivity index (χ0v) is 14.1. The van der Waals surface area contributed by atoms with Crippen LogP contribution in [-0.2, 0) is 9.84 Å². The first kappa shape index (κ1) is 15.5. The van der Waals surface area contributed by atoms with Gasteiger partial charge in [0.2, 0.25) is 0 Å². The summed E-state index contributed by atoms with van der Waals surface area (Å²) < 4.78 is 24.0. The molecule has 5 nitrogen and oxygen atoms in total. The van der Waals surface area contributed by atoms with Crippen LogP contribution in [0.3, 0.4) is 0 Å². The Labute approximate surface area is 131 Å². The number of carbonyl (C=O) groups is 1. The van der Waals surface area contributed by atoms with Crippen molar-refractivity contribution < 1.29 is 13.2 Å². The van der Waals surface area contributed by atoms with Crippen LogP contribution < -0.4 is 0 Å². The number of aryl methyl sites for hydroxylation is 2. The zero-order chi connectivity index (χ0) is 16.1. The van der Waals surface area contributed by atoms with Crippen molar-refractivity contribution in [1.29, 1.82) is 0 Å². The highest BCUT2D eigenvalue weighted by molar-refractivity contribution is 7.91. The van der Waals surface area contributed by atoms with Gasteiger partial charge < -0.3 is 4.90 Å². The Balaban J connectivity index is 1.92. The summed E-state index contributed by atoms with van der Waals surface area (Å²) in [4.78, 5) is 16.7. The molecule has 3 rings (SSSR count). The second kappa shape index (κ2) is 5.35. The van der Waals surface area contributed by atoms with Crippen molar-refractivity contribution in [3.63, 3.8) is 0 Å². The van der Waals surface area contributed by atoms with Crippen LogP contribution in [0.5, 0.6) is 0 Å². The zero-order valence-electron chi connectivity index (χ0n) is 13.2. The highest BCUT2D eigenvalue weighted by Gasteiger charge is 2.47. The number of amides is 1. The molecule has 2 heterocycles. The molecule has 0 bridgehead atoms. The van der Waals surface area contributed by atoms with E-state index in [-0.39, 0.29) is 29.5 Å². The van der Waals surface area contributed by atoms with Gasteiger partial charge in [-0.15, -0.1) is 0 Å². The third kappa shape index (κ3) is 2.77. The fraction of sp³-hybridized carbons (Fsp3) is 0.562. The minimum absolute atomic E-state index is 0.0491. The number of carbonyl (C=O) groups excluding carboxylic acids is 1. The lowest BCUT2D eigenvalue weighted by Crippen LogP contribution is -2.59. The number of likely N-dealkylation sites (N-methyl/N-ethyl adjacent to an activating group) is 1. The molecule has 2 aliphatic heterocycles. The molecule has 1 aromatic carbocycles. The molecule has 2 aliphatic rings. The van der Waals surface area contributed by atoms with E-state index in [2.05, 4.69) is 4.90 Å². The average molecular weight is 322 g/mol. The topological polar surface area (TPSA) is 57.7 Å². The number of fused-ring (bicyclic) bond motifs is 1. The van der Waals surface area contributed by atoms with Crippen molar-refractivity contribution in [2.75, 3.05) is 31.6 Å². The Bertz CT molecular complexity index is 694. The minimum atomic E-state index is -3.06. The molecule has 2 fully saturated rings. The monoisotopic (exact) mass is 322 g/mol. The van der Waals surface area contributed by atoms with Gasteiger partial charge >= 0.3 is 0 Å². The molecule has 0 N–H and O–H groups in total. The molecule has 22 heavy (non-hydrogen) atoms. The van der Waals surface area contributed by atoms with Gasteiger partial charge in [-0.1, -0.05) is 17.2 Å². The highest BCUT2D eigenvalue weighted by Crippen LogP contribution is 2.27. The third-order valence-corrected chi connectivity index (χ3v) is 6.38. The Morgan fingerprint density at radius 2 is 1.64 bits per heavy atom. The van der Waals surface area contributed by atoms with Crippen molar-refractivity contribution >= 4 is 15.7 Å². The van der Waals surface area contributed by atoms with Gasteiger partial charge in [0.1, 0.15) is 0 Å². The Hall–Kier alpha value is -1.40. The summed E-state index contributed by atoms with van der Waals surface area (Å²) in [5, 5.41) is 0. The molecule has 0 unspecified atom stereocenters. The molecular formula is C16H22N2O3S. The molecular weight excluding hydrogens is 300 g/mol. The smallest absolute Gasteiger partial charge is 0.254 e. The standard InChI is InChI=1S/C16H22N2O3S/c1-11-6-12(2)8-13(7-11)16(19)18-5-4-17(3)14-9-22(20,21)10-15(14)18/h6-8,14-15H,4-5,9-10H2,1-3H3/t14-,15+/m0/s1. The van der Waals surface area contributed by atoms with Crippen LogP contribution in [0.1, 0.15) is 21.5 Å². The van der Waals surface area contributed by atoms with Crippen LogP contribution in [0.25, 0.3) is 0 Å². The lowest BCUT2D eigenvalue weighted by atomic mass is 10.0. The van der Waals surface area contributed by atoms with Crippen LogP contribution in [0.15, 0.2) is 18.2 Å². The Morgan fingerprint density at radius 3 is 2.27 bits per heavy atom. The summed E-state index contributed by atoms with van der Waals surface area (Å²) in [6.07, 6.45) is 0. The average Bonchev–Trinajstić information content (AvgIpc) is 2.73. The van der Waals surface area contributed by atoms with E-state index in [1.165, 1.54) is 0 Å². The van der Waals surface area contributed by atoms with Gasteiger partial charge in [-0.3, -0.25) is 9.69 Å². The molecule has 120 valence electrons. The first-order valence-corrected chi connectivity index (χ1v) is 9.39. The number of piperazine rings is 1. The summed E-state index contributed by atoms with van der Waals surface area (Å²) in [6.45, 7) is 5.24. The highest BCUT2D eigenvalue weighted by atomic mass is 32.2. The molecule has 0 aromatic heterocycles. The van der Waals surface area contributed by atoms with Gasteiger partial charge in [-0.25, -0.2) is 8.42 Å². The Kier molecular flexibility index (Phi) is 3.77. The molecule has 1 amide bonds. The van der Waals surface area contributed by atoms with Crippen LogP contribution in [0.2, 0.25) is 0 Å². The first-order chi connectivity index (χ1) is 10.3. The number of hydrogen-bond acceptors (Lipinski definition) is 4. The second-order valence-electron chi connectivity index (χ2n) is 6.57. The predicted octanol–water partition coefficient (Wildman–Crippen LogP) is 0.857. The van der Waals surface area contributed by atoms with Crippen molar-refractivity contribution in [2.45, 2.75) is 25.9 Å². The third-order valence-electron chi connectivity index (χ3n) is 4.68. The van der Waals surface area contributed by atoms with E-state index in [9.17, 15) is 13.2 Å². The largest absolute Gasteiger partial charge is 0.332 e. The van der Waals surface area contributed by atoms with Gasteiger partial charge in [-0.2, -0.15) is 0 Å². The number of rotatable bonds is 1. The molecule has 0 radical (unpaired) electrons. The summed E-state index contributed by atoms with van der Waals surface area (Å²) in [6, 6.07) is 5.49. The van der Waals surface area contributed by atoms with E-state index < -0.39 is 9.84 Å². The lowest BCUT2D eigenvalue weighted by molar-refractivity contribution is 0.0410. The summed E-state index contributed by atoms with van der Waals surface area (Å²) in [5.74, 6) is 0.190. The molecule has 0 saturated carbocycles. The van der Waals surface area contributed by atoms with E-state index in [4.69, 9.17) is 0 Å². The molecule has 0 spiro atoms. The van der Waals surface area contributed by atoms with Crippen LogP contribution in [0, 0.1) is 13.8 Å². The number of sulfone groups is 1. The molecule has 2 atom stereocenters. The van der Waals surface area contributed by atoms with Gasteiger partial charge in [0.25, 0.3) is 5.91 Å². The van der Waals surface area contributed by atoms with E-state index in [0.29, 0.717) is 18.7 Å². The SMILES string of the molecule is Cc1cc(C)cc(C(=O)N2CCN(C)[C@H]3CS(=O)(=O)C[C@H]32)c1. The van der Waals surface area contributed by atoms with Gasteiger partial charge in [0.15, 0.2) is 9.84 Å². The number of hydrogen-bond donors (Lipinski definition) is 0. The number of benzene rings is 1. The van der Waals surface area contributed by atoms with E-state index >= 15 is 0 Å². The Morgan fingerprint density at radius 1 is 1.05 bits per heavy atom. The summed E-state index contributed by atoms with van der Waals surface area (Å²) in [5.41, 5.74) is 2.76. The van der Waals surface area contributed by atoms with Gasteiger partial charge in [0.05, 0.1) is 17.5 Å². The number of nitrogens with zero attached hydrogens (tertiary/aromatic N) is 2. The fourth-order valence-electron chi connectivity index (χ4n) is 3.64. The summed E-state index contributed by atoms with van der Waals surface area (Å²) >= 11 is 0. The minimum Gasteiger partial charge on any atom is -0.332 e. The quantitative estimate of drug-likeness (QED) is 0.769. The second-order valence-corrected chi connectivity index (χ2v) is 8.72. The van der Waals surface area contributed by atoms with Crippen molar-refractivity contribution in [1.82, 2.24) is 9.80 Å². The summed E-state index contributed by atoms with van der Waals surface area (Å²) in [7, 11) is -1.12. The van der Waals surface area contributed by atoms with Crippen molar-refractivity contribution in [3.8, 4) is 0 Å². The van der Waals surface area contributed by atoms with E-state index in [1.54, 1.807) is 4.90 Å². The van der Waals surface area contributed by atoms with Crippen LogP contribution in [0.4, 0.5) is 0 Å². The molecule has 6 heteroatoms. The van der Waals surface area contributed by atoms with Crippen LogP contribution >= 0.6 is 0 Å². The maximum Gasteiger partial charge on any atom is 0.254 e. The fourth-order valence-corrected chi connectivity index (χ4v) is 5.70. The van der Waals surface area contributed by atoms with E-state index in [1.807, 2.05) is 39.1 Å². The van der Waals surface area contributed by atoms with Gasteiger partial charge in [0, 0.05) is 24.7 Å². The van der Waals surface area contributed by atoms with E-state index in [0.717, 1.165) is 11.1 Å². The van der Waals surface area contributed by atoms with Gasteiger partial charge in [-0.05, 0) is 33.0 Å². The lowest BCUT2D eigenvalue weighted by Gasteiger charge is -2.42. The maximum atomic E-state index is 12.9. The first-order valence-electron chi connectivity index (χ1n) is 7.57. The molecule has 2 saturated heterocycles. The normalized spacial score (nSPS) is 27.7. The predicted molar refractivity (Wildman–Crippen MR) is 85.8 cm³/mol. The van der Waals surface area contributed by atoms with Crippen LogP contribution in [-0.4, -0.2) is 67.9 Å². The molecule has 0 aliphatic carbocycles. The van der Waals surface area contributed by atoms with Crippen molar-refractivity contribution in [2.24, 2.45) is 0 Å². The molecule has 1 aromatic rings. The van der Waals surface area contributed by atoms with Crippen molar-refractivity contribution in [3.05, 3.63) is 34.9 Å².